The predicted octanol–water partition coefficient (Wildman–Crippen LogP) is 4.53. The number of thioether (sulfide) groups is 1. The zero-order chi connectivity index (χ0) is 22.5. The number of benzene rings is 3. The lowest BCUT2D eigenvalue weighted by atomic mass is 10.1. The fourth-order valence-corrected chi connectivity index (χ4v) is 3.96. The minimum Gasteiger partial charge on any atom is -0.326 e. The quantitative estimate of drug-likeness (QED) is 0.391. The average Bonchev–Trinajstić information content (AvgIpc) is 3.13. The van der Waals surface area contributed by atoms with E-state index in [4.69, 9.17) is 11.6 Å². The van der Waals surface area contributed by atoms with Gasteiger partial charge in [-0.2, -0.15) is 0 Å². The van der Waals surface area contributed by atoms with Gasteiger partial charge in [0.1, 0.15) is 5.82 Å². The van der Waals surface area contributed by atoms with Crippen molar-refractivity contribution in [3.05, 3.63) is 77.6 Å². The molecule has 0 bridgehead atoms. The Morgan fingerprint density at radius 2 is 1.59 bits per heavy atom. The van der Waals surface area contributed by atoms with Gasteiger partial charge < -0.3 is 15.2 Å². The highest BCUT2D eigenvalue weighted by molar-refractivity contribution is 7.99. The molecule has 0 aliphatic rings. The molecule has 4 rings (SSSR count). The van der Waals surface area contributed by atoms with Crippen molar-refractivity contribution in [3.63, 3.8) is 0 Å². The molecule has 1 aromatic heterocycles. The Bertz CT molecular complexity index is 1270. The predicted molar refractivity (Wildman–Crippen MR) is 128 cm³/mol. The van der Waals surface area contributed by atoms with Gasteiger partial charge in [0.05, 0.1) is 12.2 Å². The number of amides is 2. The summed E-state index contributed by atoms with van der Waals surface area (Å²) in [4.78, 5) is 24.7. The van der Waals surface area contributed by atoms with Gasteiger partial charge in [-0.3, -0.25) is 9.59 Å². The summed E-state index contributed by atoms with van der Waals surface area (Å²) in [5.74, 6) is 0.327. The third-order valence-corrected chi connectivity index (χ3v) is 6.01. The molecule has 0 aliphatic carbocycles. The van der Waals surface area contributed by atoms with E-state index in [1.54, 1.807) is 35.9 Å². The Kier molecular flexibility index (Phi) is 6.72. The molecule has 9 heteroatoms. The van der Waals surface area contributed by atoms with E-state index < -0.39 is 0 Å². The van der Waals surface area contributed by atoms with Crippen LogP contribution in [0.25, 0.3) is 10.8 Å². The zero-order valence-corrected chi connectivity index (χ0v) is 18.8. The maximum absolute atomic E-state index is 12.4. The molecule has 0 radical (unpaired) electrons. The van der Waals surface area contributed by atoms with Gasteiger partial charge in [0.25, 0.3) is 0 Å². The molecule has 0 saturated heterocycles. The van der Waals surface area contributed by atoms with E-state index in [1.165, 1.54) is 11.8 Å². The smallest absolute Gasteiger partial charge is 0.234 e. The first-order valence-corrected chi connectivity index (χ1v) is 11.2. The Morgan fingerprint density at radius 3 is 2.38 bits per heavy atom. The monoisotopic (exact) mass is 465 g/mol. The van der Waals surface area contributed by atoms with Crippen molar-refractivity contribution < 1.29 is 9.59 Å². The van der Waals surface area contributed by atoms with Gasteiger partial charge in [-0.05, 0) is 47.2 Å². The van der Waals surface area contributed by atoms with Gasteiger partial charge in [-0.25, -0.2) is 0 Å². The number of nitrogens with zero attached hydrogens (tertiary/aromatic N) is 3. The fourth-order valence-electron chi connectivity index (χ4n) is 3.10. The summed E-state index contributed by atoms with van der Waals surface area (Å²) in [5, 5.41) is 17.2. The lowest BCUT2D eigenvalue weighted by molar-refractivity contribution is -0.116. The molecule has 0 unspecified atom stereocenters. The largest absolute Gasteiger partial charge is 0.326 e. The van der Waals surface area contributed by atoms with E-state index >= 15 is 0 Å². The molecular formula is C23H20ClN5O2S. The SMILES string of the molecule is Cn1c(CC(=O)Nc2ccc(Cl)cc2)nnc1SCC(=O)Nc1ccc2ccccc2c1. The van der Waals surface area contributed by atoms with Crippen molar-refractivity contribution in [3.8, 4) is 0 Å². The molecule has 2 N–H and O–H groups in total. The second kappa shape index (κ2) is 9.84. The lowest BCUT2D eigenvalue weighted by Crippen LogP contribution is -2.17. The van der Waals surface area contributed by atoms with Crippen LogP contribution in [0.3, 0.4) is 0 Å². The van der Waals surface area contributed by atoms with Gasteiger partial charge in [0.15, 0.2) is 5.16 Å². The van der Waals surface area contributed by atoms with Gasteiger partial charge in [0.2, 0.25) is 11.8 Å². The highest BCUT2D eigenvalue weighted by Gasteiger charge is 2.15. The Hall–Kier alpha value is -3.36. The molecule has 1 heterocycles. The molecule has 0 fully saturated rings. The molecule has 0 atom stereocenters. The number of carbonyl (C=O) groups excluding carboxylic acids is 2. The number of carbonyl (C=O) groups is 2. The molecule has 0 saturated carbocycles. The first-order chi connectivity index (χ1) is 15.5. The summed E-state index contributed by atoms with van der Waals surface area (Å²) >= 11 is 7.12. The van der Waals surface area contributed by atoms with Crippen molar-refractivity contribution >= 4 is 57.3 Å². The minimum atomic E-state index is -0.214. The van der Waals surface area contributed by atoms with Crippen LogP contribution >= 0.6 is 23.4 Å². The molecule has 0 aliphatic heterocycles. The van der Waals surface area contributed by atoms with Crippen LogP contribution in [0.1, 0.15) is 5.82 Å². The lowest BCUT2D eigenvalue weighted by Gasteiger charge is -2.07. The molecule has 162 valence electrons. The first-order valence-electron chi connectivity index (χ1n) is 9.83. The van der Waals surface area contributed by atoms with Crippen molar-refractivity contribution in [1.82, 2.24) is 14.8 Å². The number of nitrogens with one attached hydrogen (secondary N) is 2. The molecule has 32 heavy (non-hydrogen) atoms. The second-order valence-corrected chi connectivity index (χ2v) is 8.47. The summed E-state index contributed by atoms with van der Waals surface area (Å²) in [7, 11) is 1.77. The average molecular weight is 466 g/mol. The standard InChI is InChI=1S/C23H20ClN5O2S/c1-29-20(13-21(30)25-18-10-7-17(24)8-11-18)27-28-23(29)32-14-22(31)26-19-9-6-15-4-2-3-5-16(15)12-19/h2-12H,13-14H2,1H3,(H,25,30)(H,26,31). The van der Waals surface area contributed by atoms with Crippen LogP contribution < -0.4 is 10.6 Å². The van der Waals surface area contributed by atoms with Gasteiger partial charge >= 0.3 is 0 Å². The normalized spacial score (nSPS) is 10.8. The summed E-state index contributed by atoms with van der Waals surface area (Å²) in [6.07, 6.45) is 0.0654. The number of aromatic nitrogens is 3. The van der Waals surface area contributed by atoms with Crippen LogP contribution in [0.4, 0.5) is 11.4 Å². The Labute approximate surface area is 194 Å². The molecule has 0 spiro atoms. The third kappa shape index (κ3) is 5.46. The minimum absolute atomic E-state index is 0.0654. The third-order valence-electron chi connectivity index (χ3n) is 4.74. The second-order valence-electron chi connectivity index (χ2n) is 7.09. The molecule has 7 nitrogen and oxygen atoms in total. The molecule has 4 aromatic rings. The number of hydrogen-bond donors (Lipinski definition) is 2. The summed E-state index contributed by atoms with van der Waals surface area (Å²) in [5.41, 5.74) is 1.40. The summed E-state index contributed by atoms with van der Waals surface area (Å²) in [6, 6.07) is 20.6. The van der Waals surface area contributed by atoms with Crippen molar-refractivity contribution in [2.75, 3.05) is 16.4 Å². The van der Waals surface area contributed by atoms with Gasteiger partial charge in [0, 0.05) is 23.4 Å². The highest BCUT2D eigenvalue weighted by atomic mass is 35.5. The Balaban J connectivity index is 1.31. The van der Waals surface area contributed by atoms with E-state index in [1.807, 2.05) is 42.5 Å². The maximum Gasteiger partial charge on any atom is 0.234 e. The van der Waals surface area contributed by atoms with E-state index in [9.17, 15) is 9.59 Å². The van der Waals surface area contributed by atoms with E-state index in [2.05, 4.69) is 20.8 Å². The van der Waals surface area contributed by atoms with Crippen molar-refractivity contribution in [2.24, 2.45) is 7.05 Å². The molecule has 2 amide bonds. The molecule has 3 aromatic carbocycles. The fraction of sp³-hybridized carbons (Fsp3) is 0.130. The van der Waals surface area contributed by atoms with E-state index in [0.29, 0.717) is 21.7 Å². The van der Waals surface area contributed by atoms with Crippen LogP contribution in [0.2, 0.25) is 5.02 Å². The van der Waals surface area contributed by atoms with Gasteiger partial charge in [-0.15, -0.1) is 10.2 Å². The number of rotatable bonds is 7. The van der Waals surface area contributed by atoms with Crippen LogP contribution in [0, 0.1) is 0 Å². The Morgan fingerprint density at radius 1 is 0.906 bits per heavy atom. The van der Waals surface area contributed by atoms with E-state index in [0.717, 1.165) is 16.5 Å². The zero-order valence-electron chi connectivity index (χ0n) is 17.2. The van der Waals surface area contributed by atoms with Crippen LogP contribution in [0.5, 0.6) is 0 Å². The van der Waals surface area contributed by atoms with E-state index in [-0.39, 0.29) is 24.0 Å². The number of anilines is 2. The van der Waals surface area contributed by atoms with Crippen molar-refractivity contribution in [2.45, 2.75) is 11.6 Å². The number of hydrogen-bond acceptors (Lipinski definition) is 5. The van der Waals surface area contributed by atoms with Crippen LogP contribution in [-0.4, -0.2) is 32.3 Å². The highest BCUT2D eigenvalue weighted by Crippen LogP contribution is 2.21. The number of halogens is 1. The molecular weight excluding hydrogens is 446 g/mol. The topological polar surface area (TPSA) is 88.9 Å². The maximum atomic E-state index is 12.4. The summed E-state index contributed by atoms with van der Waals surface area (Å²) < 4.78 is 1.72. The number of fused-ring (bicyclic) bond motifs is 1. The van der Waals surface area contributed by atoms with Gasteiger partial charge in [-0.1, -0.05) is 53.7 Å². The van der Waals surface area contributed by atoms with Crippen LogP contribution in [-0.2, 0) is 23.1 Å². The first kappa shape index (κ1) is 21.9. The summed E-state index contributed by atoms with van der Waals surface area (Å²) in [6.45, 7) is 0. The van der Waals surface area contributed by atoms with Crippen molar-refractivity contribution in [1.29, 1.82) is 0 Å². The van der Waals surface area contributed by atoms with Crippen LogP contribution in [0.15, 0.2) is 71.9 Å².